The fourth-order valence-corrected chi connectivity index (χ4v) is 2.35. The predicted molar refractivity (Wildman–Crippen MR) is 68.3 cm³/mol. The van der Waals surface area contributed by atoms with Crippen LogP contribution in [0.2, 0.25) is 0 Å². The number of halogens is 2. The minimum absolute atomic E-state index is 0.122. The van der Waals surface area contributed by atoms with Crippen molar-refractivity contribution in [3.8, 4) is 0 Å². The van der Waals surface area contributed by atoms with Gasteiger partial charge in [-0.3, -0.25) is 4.79 Å². The van der Waals surface area contributed by atoms with Gasteiger partial charge < -0.3 is 0 Å². The lowest BCUT2D eigenvalue weighted by Gasteiger charge is -2.10. The number of carbonyl (C=O) groups excluding carboxylic acids is 1. The second-order valence-electron chi connectivity index (χ2n) is 3.63. The van der Waals surface area contributed by atoms with E-state index in [-0.39, 0.29) is 10.6 Å². The van der Waals surface area contributed by atoms with Crippen molar-refractivity contribution in [2.75, 3.05) is 5.88 Å². The molecule has 0 fully saturated rings. The van der Waals surface area contributed by atoms with E-state index in [0.29, 0.717) is 12.3 Å². The normalized spacial score (nSPS) is 12.5. The molecule has 3 heteroatoms. The van der Waals surface area contributed by atoms with Crippen LogP contribution in [0, 0.1) is 13.8 Å². The molecular formula is C12H14BrClO. The van der Waals surface area contributed by atoms with Gasteiger partial charge in [-0.05, 0) is 31.9 Å². The summed E-state index contributed by atoms with van der Waals surface area (Å²) in [6.07, 6.45) is 0.660. The lowest BCUT2D eigenvalue weighted by Crippen LogP contribution is -2.16. The molecule has 1 atom stereocenters. The summed E-state index contributed by atoms with van der Waals surface area (Å²) in [6.45, 7) is 3.94. The van der Waals surface area contributed by atoms with Crippen molar-refractivity contribution in [2.24, 2.45) is 0 Å². The number of rotatable bonds is 4. The monoisotopic (exact) mass is 288 g/mol. The smallest absolute Gasteiger partial charge is 0.176 e. The molecule has 0 amide bonds. The number of benzene rings is 1. The Labute approximate surface area is 104 Å². The average Bonchev–Trinajstić information content (AvgIpc) is 2.21. The highest BCUT2D eigenvalue weighted by atomic mass is 79.9. The van der Waals surface area contributed by atoms with Crippen LogP contribution in [0.1, 0.15) is 27.9 Å². The van der Waals surface area contributed by atoms with Gasteiger partial charge in [-0.1, -0.05) is 33.6 Å². The van der Waals surface area contributed by atoms with Gasteiger partial charge in [0.15, 0.2) is 5.78 Å². The Kier molecular flexibility index (Phi) is 4.81. The fourth-order valence-electron chi connectivity index (χ4n) is 1.40. The maximum Gasteiger partial charge on any atom is 0.176 e. The number of aryl methyl sites for hydroxylation is 2. The summed E-state index contributed by atoms with van der Waals surface area (Å²) in [5.41, 5.74) is 2.92. The van der Waals surface area contributed by atoms with Crippen LogP contribution in [-0.4, -0.2) is 16.5 Å². The second kappa shape index (κ2) is 5.66. The molecule has 0 N–H and O–H groups in total. The molecule has 0 aliphatic rings. The maximum atomic E-state index is 12.0. The molecule has 1 nitrogen and oxygen atoms in total. The molecule has 1 aromatic rings. The zero-order valence-corrected chi connectivity index (χ0v) is 11.2. The first-order chi connectivity index (χ1) is 7.06. The largest absolute Gasteiger partial charge is 0.293 e. The standard InChI is InChI=1S/C12H14BrClO/c1-8-3-4-9(2)10(7-8)12(15)11(13)5-6-14/h3-4,7,11H,5-6H2,1-2H3. The Morgan fingerprint density at radius 1 is 1.47 bits per heavy atom. The molecular weight excluding hydrogens is 275 g/mol. The summed E-state index contributed by atoms with van der Waals surface area (Å²) < 4.78 is 0. The van der Waals surface area contributed by atoms with Gasteiger partial charge in [0.05, 0.1) is 4.83 Å². The van der Waals surface area contributed by atoms with Crippen LogP contribution in [0.15, 0.2) is 18.2 Å². The van der Waals surface area contributed by atoms with Crippen molar-refractivity contribution in [3.05, 3.63) is 34.9 Å². The maximum absolute atomic E-state index is 12.0. The van der Waals surface area contributed by atoms with Gasteiger partial charge in [-0.15, -0.1) is 11.6 Å². The van der Waals surface area contributed by atoms with Crippen LogP contribution in [0.3, 0.4) is 0 Å². The molecule has 0 saturated carbocycles. The van der Waals surface area contributed by atoms with E-state index in [0.717, 1.165) is 16.7 Å². The third-order valence-electron chi connectivity index (χ3n) is 2.31. The Bertz CT molecular complexity index is 363. The Balaban J connectivity index is 2.95. The van der Waals surface area contributed by atoms with Crippen LogP contribution < -0.4 is 0 Å². The van der Waals surface area contributed by atoms with Crippen molar-refractivity contribution in [1.82, 2.24) is 0 Å². The molecule has 1 unspecified atom stereocenters. The van der Waals surface area contributed by atoms with Gasteiger partial charge in [-0.2, -0.15) is 0 Å². The van der Waals surface area contributed by atoms with Crippen LogP contribution in [-0.2, 0) is 0 Å². The first-order valence-corrected chi connectivity index (χ1v) is 6.32. The Hall–Kier alpha value is -0.340. The van der Waals surface area contributed by atoms with Gasteiger partial charge in [0.25, 0.3) is 0 Å². The van der Waals surface area contributed by atoms with E-state index in [9.17, 15) is 4.79 Å². The third kappa shape index (κ3) is 3.32. The zero-order chi connectivity index (χ0) is 11.4. The number of hydrogen-bond acceptors (Lipinski definition) is 1. The van der Waals surface area contributed by atoms with E-state index < -0.39 is 0 Å². The highest BCUT2D eigenvalue weighted by Crippen LogP contribution is 2.18. The molecule has 0 bridgehead atoms. The molecule has 15 heavy (non-hydrogen) atoms. The molecule has 1 rings (SSSR count). The molecule has 1 aromatic carbocycles. The fraction of sp³-hybridized carbons (Fsp3) is 0.417. The summed E-state index contributed by atoms with van der Waals surface area (Å²) in [6, 6.07) is 5.92. The van der Waals surface area contributed by atoms with E-state index in [1.54, 1.807) is 0 Å². The lowest BCUT2D eigenvalue weighted by molar-refractivity contribution is 0.0989. The van der Waals surface area contributed by atoms with Crippen molar-refractivity contribution in [3.63, 3.8) is 0 Å². The number of ketones is 1. The van der Waals surface area contributed by atoms with E-state index in [1.807, 2.05) is 32.0 Å². The number of alkyl halides is 2. The second-order valence-corrected chi connectivity index (χ2v) is 5.11. The summed E-state index contributed by atoms with van der Waals surface area (Å²) in [5.74, 6) is 0.615. The van der Waals surface area contributed by atoms with Crippen LogP contribution in [0.5, 0.6) is 0 Å². The average molecular weight is 290 g/mol. The van der Waals surface area contributed by atoms with Crippen molar-refractivity contribution in [1.29, 1.82) is 0 Å². The number of hydrogen-bond donors (Lipinski definition) is 0. The van der Waals surface area contributed by atoms with Crippen molar-refractivity contribution in [2.45, 2.75) is 25.1 Å². The summed E-state index contributed by atoms with van der Waals surface area (Å²) >= 11 is 8.98. The molecule has 0 aliphatic heterocycles. The van der Waals surface area contributed by atoms with E-state index in [4.69, 9.17) is 11.6 Å². The summed E-state index contributed by atoms with van der Waals surface area (Å²) in [4.78, 5) is 11.8. The Morgan fingerprint density at radius 2 is 2.13 bits per heavy atom. The van der Waals surface area contributed by atoms with Crippen molar-refractivity contribution < 1.29 is 4.79 Å². The van der Waals surface area contributed by atoms with E-state index in [1.165, 1.54) is 0 Å². The van der Waals surface area contributed by atoms with Gasteiger partial charge in [0.2, 0.25) is 0 Å². The molecule has 0 aliphatic carbocycles. The quantitative estimate of drug-likeness (QED) is 0.607. The molecule has 82 valence electrons. The highest BCUT2D eigenvalue weighted by molar-refractivity contribution is 9.10. The van der Waals surface area contributed by atoms with Gasteiger partial charge >= 0.3 is 0 Å². The minimum atomic E-state index is -0.171. The van der Waals surface area contributed by atoms with Gasteiger partial charge in [0, 0.05) is 11.4 Å². The van der Waals surface area contributed by atoms with E-state index >= 15 is 0 Å². The van der Waals surface area contributed by atoms with Crippen molar-refractivity contribution >= 4 is 33.3 Å². The third-order valence-corrected chi connectivity index (χ3v) is 3.40. The van der Waals surface area contributed by atoms with Crippen LogP contribution >= 0.6 is 27.5 Å². The summed E-state index contributed by atoms with van der Waals surface area (Å²) in [5, 5.41) is 0. The van der Waals surface area contributed by atoms with Crippen LogP contribution in [0.4, 0.5) is 0 Å². The zero-order valence-electron chi connectivity index (χ0n) is 8.89. The SMILES string of the molecule is Cc1ccc(C)c(C(=O)C(Br)CCCl)c1. The molecule has 0 saturated heterocycles. The Morgan fingerprint density at radius 3 is 2.73 bits per heavy atom. The number of carbonyl (C=O) groups is 1. The number of Topliss-reactive ketones (excluding diaryl/α,β-unsaturated/α-hetero) is 1. The van der Waals surface area contributed by atoms with Crippen LogP contribution in [0.25, 0.3) is 0 Å². The summed E-state index contributed by atoms with van der Waals surface area (Å²) in [7, 11) is 0. The minimum Gasteiger partial charge on any atom is -0.293 e. The van der Waals surface area contributed by atoms with E-state index in [2.05, 4.69) is 15.9 Å². The predicted octanol–water partition coefficient (Wildman–Crippen LogP) is 3.88. The van der Waals surface area contributed by atoms with Gasteiger partial charge in [0.1, 0.15) is 0 Å². The molecule has 0 heterocycles. The first kappa shape index (κ1) is 12.7. The topological polar surface area (TPSA) is 17.1 Å². The molecule has 0 radical (unpaired) electrons. The van der Waals surface area contributed by atoms with Gasteiger partial charge in [-0.25, -0.2) is 0 Å². The lowest BCUT2D eigenvalue weighted by atomic mass is 9.99. The highest BCUT2D eigenvalue weighted by Gasteiger charge is 2.17. The molecule has 0 spiro atoms. The molecule has 0 aromatic heterocycles. The first-order valence-electron chi connectivity index (χ1n) is 4.87.